The van der Waals surface area contributed by atoms with Crippen LogP contribution in [0.15, 0.2) is 24.3 Å². The second-order valence-corrected chi connectivity index (χ2v) is 11.5. The molecule has 37 heavy (non-hydrogen) atoms. The number of likely N-dealkylation sites (N-methyl/N-ethyl adjacent to an activating group) is 1. The highest BCUT2D eigenvalue weighted by Crippen LogP contribution is 2.40. The zero-order valence-electron chi connectivity index (χ0n) is 23.3. The SMILES string of the molecule is COCCCC[C@@](O)(c1cccc(C#N)c1)[C@@H]1CCCN(C(=O)N[C@@H](CC2CCCCC2)CN(C)C)C1. The van der Waals surface area contributed by atoms with Gasteiger partial charge in [-0.3, -0.25) is 0 Å². The molecule has 1 aromatic carbocycles. The summed E-state index contributed by atoms with van der Waals surface area (Å²) in [6.07, 6.45) is 11.5. The number of benzene rings is 1. The molecule has 0 bridgehead atoms. The predicted molar refractivity (Wildman–Crippen MR) is 147 cm³/mol. The van der Waals surface area contributed by atoms with E-state index in [1.165, 1.54) is 32.1 Å². The maximum absolute atomic E-state index is 13.5. The first kappa shape index (κ1) is 29.4. The van der Waals surface area contributed by atoms with E-state index in [4.69, 9.17) is 4.74 Å². The molecular formula is C30H48N4O3. The van der Waals surface area contributed by atoms with Crippen LogP contribution in [0.3, 0.4) is 0 Å². The number of amides is 2. The summed E-state index contributed by atoms with van der Waals surface area (Å²) >= 11 is 0. The molecule has 7 nitrogen and oxygen atoms in total. The summed E-state index contributed by atoms with van der Waals surface area (Å²) in [6.45, 7) is 2.71. The lowest BCUT2D eigenvalue weighted by Gasteiger charge is -2.43. The minimum Gasteiger partial charge on any atom is -0.385 e. The number of rotatable bonds is 12. The van der Waals surface area contributed by atoms with Crippen molar-refractivity contribution in [3.63, 3.8) is 0 Å². The number of hydrogen-bond donors (Lipinski definition) is 2. The molecule has 2 aliphatic rings. The monoisotopic (exact) mass is 512 g/mol. The highest BCUT2D eigenvalue weighted by molar-refractivity contribution is 5.74. The zero-order valence-corrected chi connectivity index (χ0v) is 23.3. The molecule has 0 aromatic heterocycles. The van der Waals surface area contributed by atoms with Crippen molar-refractivity contribution in [2.75, 3.05) is 47.4 Å². The van der Waals surface area contributed by atoms with Gasteiger partial charge in [0.1, 0.15) is 0 Å². The van der Waals surface area contributed by atoms with Gasteiger partial charge in [0, 0.05) is 45.3 Å². The molecule has 1 aromatic rings. The van der Waals surface area contributed by atoms with Gasteiger partial charge in [-0.15, -0.1) is 0 Å². The Bertz CT molecular complexity index is 880. The van der Waals surface area contributed by atoms with E-state index >= 15 is 0 Å². The number of hydrogen-bond acceptors (Lipinski definition) is 5. The van der Waals surface area contributed by atoms with Crippen molar-refractivity contribution >= 4 is 6.03 Å². The summed E-state index contributed by atoms with van der Waals surface area (Å²) in [5, 5.41) is 24.9. The van der Waals surface area contributed by atoms with Crippen LogP contribution in [0.2, 0.25) is 0 Å². The molecule has 3 atom stereocenters. The number of unbranched alkanes of at least 4 members (excludes halogenated alkanes) is 1. The van der Waals surface area contributed by atoms with Crippen molar-refractivity contribution in [1.29, 1.82) is 5.26 Å². The lowest BCUT2D eigenvalue weighted by Crippen LogP contribution is -2.54. The fourth-order valence-electron chi connectivity index (χ4n) is 6.35. The number of likely N-dealkylation sites (tertiary alicyclic amines) is 1. The molecule has 1 aliphatic carbocycles. The Morgan fingerprint density at radius 3 is 2.73 bits per heavy atom. The maximum atomic E-state index is 13.5. The first-order valence-electron chi connectivity index (χ1n) is 14.3. The van der Waals surface area contributed by atoms with Crippen LogP contribution in [0.25, 0.3) is 0 Å². The third-order valence-corrected chi connectivity index (χ3v) is 8.29. The molecule has 2 N–H and O–H groups in total. The van der Waals surface area contributed by atoms with Crippen LogP contribution in [0.5, 0.6) is 0 Å². The van der Waals surface area contributed by atoms with Gasteiger partial charge < -0.3 is 25.0 Å². The van der Waals surface area contributed by atoms with E-state index in [-0.39, 0.29) is 18.0 Å². The number of carbonyl (C=O) groups is 1. The topological polar surface area (TPSA) is 88.8 Å². The Morgan fingerprint density at radius 1 is 1.24 bits per heavy atom. The normalized spacial score (nSPS) is 21.3. The predicted octanol–water partition coefficient (Wildman–Crippen LogP) is 4.88. The first-order chi connectivity index (χ1) is 17.9. The number of nitrogens with one attached hydrogen (secondary N) is 1. The number of nitrogens with zero attached hydrogens (tertiary/aromatic N) is 3. The van der Waals surface area contributed by atoms with Gasteiger partial charge in [0.15, 0.2) is 0 Å². The van der Waals surface area contributed by atoms with Crippen molar-refractivity contribution in [3.8, 4) is 6.07 Å². The fraction of sp³-hybridized carbons (Fsp3) is 0.733. The quantitative estimate of drug-likeness (QED) is 0.390. The smallest absolute Gasteiger partial charge is 0.317 e. The van der Waals surface area contributed by atoms with E-state index in [9.17, 15) is 15.2 Å². The van der Waals surface area contributed by atoms with Gasteiger partial charge in [-0.05, 0) is 76.2 Å². The fourth-order valence-corrected chi connectivity index (χ4v) is 6.35. The van der Waals surface area contributed by atoms with Crippen molar-refractivity contribution < 1.29 is 14.6 Å². The number of methoxy groups -OCH3 is 1. The lowest BCUT2D eigenvalue weighted by atomic mass is 9.74. The van der Waals surface area contributed by atoms with E-state index in [2.05, 4.69) is 30.4 Å². The molecule has 1 saturated heterocycles. The molecule has 1 saturated carbocycles. The average molecular weight is 513 g/mol. The maximum Gasteiger partial charge on any atom is 0.317 e. The molecule has 7 heteroatoms. The van der Waals surface area contributed by atoms with Crippen LogP contribution in [0.4, 0.5) is 4.79 Å². The summed E-state index contributed by atoms with van der Waals surface area (Å²) in [5.74, 6) is 0.604. The third-order valence-electron chi connectivity index (χ3n) is 8.29. The second kappa shape index (κ2) is 14.7. The molecule has 0 spiro atoms. The van der Waals surface area contributed by atoms with E-state index in [0.717, 1.165) is 44.2 Å². The molecule has 206 valence electrons. The molecule has 0 unspecified atom stereocenters. The van der Waals surface area contributed by atoms with Crippen molar-refractivity contribution in [2.24, 2.45) is 11.8 Å². The molecule has 1 aliphatic heterocycles. The van der Waals surface area contributed by atoms with Gasteiger partial charge in [0.05, 0.1) is 17.2 Å². The molecule has 0 radical (unpaired) electrons. The highest BCUT2D eigenvalue weighted by Gasteiger charge is 2.41. The van der Waals surface area contributed by atoms with Crippen LogP contribution in [-0.2, 0) is 10.3 Å². The second-order valence-electron chi connectivity index (χ2n) is 11.5. The van der Waals surface area contributed by atoms with Crippen LogP contribution in [0.1, 0.15) is 81.8 Å². The molecular weight excluding hydrogens is 464 g/mol. The summed E-state index contributed by atoms with van der Waals surface area (Å²) in [4.78, 5) is 17.6. The zero-order chi connectivity index (χ0) is 26.7. The number of nitriles is 1. The number of piperidine rings is 1. The van der Waals surface area contributed by atoms with Gasteiger partial charge in [0.2, 0.25) is 0 Å². The largest absolute Gasteiger partial charge is 0.385 e. The van der Waals surface area contributed by atoms with Crippen LogP contribution < -0.4 is 5.32 Å². The Kier molecular flexibility index (Phi) is 11.7. The summed E-state index contributed by atoms with van der Waals surface area (Å²) < 4.78 is 5.22. The standard InChI is InChI=1S/C30H48N4O3/c1-33(2)23-28(20-24-11-5-4-6-12-24)32-29(35)34-17-10-15-27(22-34)30(36,16-7-8-18-37-3)26-14-9-13-25(19-26)21-31/h9,13-14,19,24,27-28,36H,4-8,10-12,15-18,20,22-23H2,1-3H3,(H,32,35)/t27-,28+,30-/m1/s1. The minimum atomic E-state index is -1.09. The number of ether oxygens (including phenoxy) is 1. The minimum absolute atomic E-state index is 0.0140. The van der Waals surface area contributed by atoms with Gasteiger partial charge in [0.25, 0.3) is 0 Å². The number of carbonyl (C=O) groups excluding carboxylic acids is 1. The van der Waals surface area contributed by atoms with E-state index in [1.54, 1.807) is 13.2 Å². The average Bonchev–Trinajstić information content (AvgIpc) is 2.91. The summed E-state index contributed by atoms with van der Waals surface area (Å²) in [6, 6.07) is 9.68. The van der Waals surface area contributed by atoms with E-state index < -0.39 is 5.60 Å². The lowest BCUT2D eigenvalue weighted by molar-refractivity contribution is -0.0564. The van der Waals surface area contributed by atoms with Crippen LogP contribution >= 0.6 is 0 Å². The van der Waals surface area contributed by atoms with Crippen LogP contribution in [-0.4, -0.2) is 74.4 Å². The Morgan fingerprint density at radius 2 is 2.03 bits per heavy atom. The Balaban J connectivity index is 1.72. The van der Waals surface area contributed by atoms with Crippen molar-refractivity contribution in [2.45, 2.75) is 82.3 Å². The Labute approximate surface area is 224 Å². The highest BCUT2D eigenvalue weighted by atomic mass is 16.5. The van der Waals surface area contributed by atoms with E-state index in [1.807, 2.05) is 23.1 Å². The third kappa shape index (κ3) is 8.70. The number of urea groups is 1. The van der Waals surface area contributed by atoms with E-state index in [0.29, 0.717) is 37.6 Å². The summed E-state index contributed by atoms with van der Waals surface area (Å²) in [7, 11) is 5.82. The molecule has 1 heterocycles. The van der Waals surface area contributed by atoms with Gasteiger partial charge >= 0.3 is 6.03 Å². The van der Waals surface area contributed by atoms with Crippen molar-refractivity contribution in [1.82, 2.24) is 15.1 Å². The van der Waals surface area contributed by atoms with Gasteiger partial charge in [-0.2, -0.15) is 5.26 Å². The molecule has 2 fully saturated rings. The van der Waals surface area contributed by atoms with Gasteiger partial charge in [-0.1, -0.05) is 44.2 Å². The molecule has 3 rings (SSSR count). The Hall–Kier alpha value is -2.14. The van der Waals surface area contributed by atoms with Crippen LogP contribution in [0, 0.1) is 23.2 Å². The molecule has 2 amide bonds. The number of aliphatic hydroxyl groups is 1. The first-order valence-corrected chi connectivity index (χ1v) is 14.3. The van der Waals surface area contributed by atoms with Gasteiger partial charge in [-0.25, -0.2) is 4.79 Å². The van der Waals surface area contributed by atoms with Crippen molar-refractivity contribution in [3.05, 3.63) is 35.4 Å². The summed E-state index contributed by atoms with van der Waals surface area (Å²) in [5.41, 5.74) is 0.233.